The Hall–Kier alpha value is -0.880. The molecule has 16 heavy (non-hydrogen) atoms. The van der Waals surface area contributed by atoms with Crippen molar-refractivity contribution >= 4 is 39.3 Å². The Balaban J connectivity index is 2.08. The number of hydrogen-bond donors (Lipinski definition) is 0. The quantitative estimate of drug-likeness (QED) is 0.810. The molecule has 1 fully saturated rings. The molecule has 1 amide bonds. The molecule has 1 saturated heterocycles. The van der Waals surface area contributed by atoms with Crippen LogP contribution in [0.2, 0.25) is 0 Å². The van der Waals surface area contributed by atoms with E-state index in [1.54, 1.807) is 4.90 Å². The fourth-order valence-corrected chi connectivity index (χ4v) is 3.39. The van der Waals surface area contributed by atoms with Gasteiger partial charge < -0.3 is 0 Å². The molecule has 4 nitrogen and oxygen atoms in total. The molecule has 0 radical (unpaired) electrons. The number of thiazole rings is 1. The number of anilines is 1. The Labute approximate surface area is 102 Å². The number of amides is 1. The van der Waals surface area contributed by atoms with E-state index in [2.05, 4.69) is 4.98 Å². The van der Waals surface area contributed by atoms with Crippen molar-refractivity contribution in [2.75, 3.05) is 11.4 Å². The molecule has 1 atom stereocenters. The van der Waals surface area contributed by atoms with Gasteiger partial charge in [0.05, 0.1) is 5.69 Å². The molecule has 0 bridgehead atoms. The molecule has 1 aliphatic rings. The second-order valence-corrected chi connectivity index (χ2v) is 6.03. The minimum absolute atomic E-state index is 0.0631. The van der Waals surface area contributed by atoms with Crippen molar-refractivity contribution in [3.05, 3.63) is 11.1 Å². The van der Waals surface area contributed by atoms with Crippen molar-refractivity contribution in [2.45, 2.75) is 25.5 Å². The maximum atomic E-state index is 11.7. The number of carbonyl (C=O) groups excluding carboxylic acids is 2. The lowest BCUT2D eigenvalue weighted by Crippen LogP contribution is -2.24. The average molecular weight is 256 g/mol. The summed E-state index contributed by atoms with van der Waals surface area (Å²) in [5, 5.41) is 2.81. The predicted octanol–water partition coefficient (Wildman–Crippen LogP) is 1.84. The van der Waals surface area contributed by atoms with Crippen molar-refractivity contribution in [1.82, 2.24) is 4.98 Å². The summed E-state index contributed by atoms with van der Waals surface area (Å²) in [6.07, 6.45) is 0.433. The summed E-state index contributed by atoms with van der Waals surface area (Å²) in [5.74, 6) is 0.0631. The van der Waals surface area contributed by atoms with E-state index in [1.165, 1.54) is 30.0 Å². The Morgan fingerprint density at radius 1 is 1.69 bits per heavy atom. The summed E-state index contributed by atoms with van der Waals surface area (Å²) < 4.78 is 0. The fraction of sp³-hybridized carbons (Fsp3) is 0.500. The van der Waals surface area contributed by atoms with Gasteiger partial charge in [-0.1, -0.05) is 11.8 Å². The third-order valence-electron chi connectivity index (χ3n) is 2.26. The molecule has 0 N–H and O–H groups in total. The van der Waals surface area contributed by atoms with E-state index in [9.17, 15) is 9.59 Å². The van der Waals surface area contributed by atoms with E-state index in [1.807, 2.05) is 12.3 Å². The van der Waals surface area contributed by atoms with Crippen molar-refractivity contribution in [3.8, 4) is 0 Å². The van der Waals surface area contributed by atoms with Gasteiger partial charge in [0.2, 0.25) is 5.91 Å². The summed E-state index contributed by atoms with van der Waals surface area (Å²) in [5.41, 5.74) is 0.926. The second kappa shape index (κ2) is 4.55. The molecule has 0 aliphatic carbocycles. The maximum Gasteiger partial charge on any atom is 0.230 e. The molecule has 6 heteroatoms. The van der Waals surface area contributed by atoms with Gasteiger partial charge >= 0.3 is 0 Å². The topological polar surface area (TPSA) is 50.3 Å². The number of carbonyl (C=O) groups is 2. The first-order chi connectivity index (χ1) is 7.56. The van der Waals surface area contributed by atoms with Gasteiger partial charge in [-0.2, -0.15) is 0 Å². The normalized spacial score (nSPS) is 20.5. The van der Waals surface area contributed by atoms with Crippen LogP contribution < -0.4 is 4.90 Å². The molecular formula is C10H12N2O2S2. The maximum absolute atomic E-state index is 11.7. The van der Waals surface area contributed by atoms with Crippen LogP contribution in [0.3, 0.4) is 0 Å². The first kappa shape index (κ1) is 11.6. The van der Waals surface area contributed by atoms with Gasteiger partial charge in [-0.15, -0.1) is 11.3 Å². The third kappa shape index (κ3) is 2.44. The zero-order valence-corrected chi connectivity index (χ0v) is 10.7. The Morgan fingerprint density at radius 3 is 3.00 bits per heavy atom. The molecule has 1 aliphatic heterocycles. The van der Waals surface area contributed by atoms with E-state index in [4.69, 9.17) is 0 Å². The first-order valence-corrected chi connectivity index (χ1v) is 6.72. The van der Waals surface area contributed by atoms with Gasteiger partial charge in [0.25, 0.3) is 0 Å². The van der Waals surface area contributed by atoms with Crippen molar-refractivity contribution in [3.63, 3.8) is 0 Å². The Morgan fingerprint density at radius 2 is 2.44 bits per heavy atom. The van der Waals surface area contributed by atoms with Crippen molar-refractivity contribution < 1.29 is 9.59 Å². The van der Waals surface area contributed by atoms with Crippen LogP contribution in [-0.4, -0.2) is 27.8 Å². The molecule has 1 aromatic rings. The fourth-order valence-electron chi connectivity index (χ4n) is 1.64. The number of hydrogen-bond acceptors (Lipinski definition) is 5. The van der Waals surface area contributed by atoms with Crippen LogP contribution in [0.4, 0.5) is 5.13 Å². The molecule has 2 rings (SSSR count). The number of nitrogens with zero attached hydrogens (tertiary/aromatic N) is 2. The second-order valence-electron chi connectivity index (χ2n) is 3.71. The smallest absolute Gasteiger partial charge is 0.230 e. The van der Waals surface area contributed by atoms with E-state index in [-0.39, 0.29) is 16.3 Å². The van der Waals surface area contributed by atoms with E-state index in [0.717, 1.165) is 10.8 Å². The van der Waals surface area contributed by atoms with Crippen molar-refractivity contribution in [1.29, 1.82) is 0 Å². The molecule has 0 aromatic carbocycles. The summed E-state index contributed by atoms with van der Waals surface area (Å²) in [4.78, 5) is 28.7. The Kier molecular flexibility index (Phi) is 3.30. The average Bonchev–Trinajstić information content (AvgIpc) is 2.72. The molecule has 86 valence electrons. The standard InChI is InChI=1S/C10H12N2O2S2/c1-6-5-15-10(11-6)12-4-8(3-9(12)14)16-7(2)13/h5,8H,3-4H2,1-2H3. The molecule has 1 unspecified atom stereocenters. The minimum Gasteiger partial charge on any atom is -0.288 e. The van der Waals surface area contributed by atoms with E-state index < -0.39 is 0 Å². The van der Waals surface area contributed by atoms with E-state index in [0.29, 0.717) is 13.0 Å². The van der Waals surface area contributed by atoms with Crippen LogP contribution in [0.25, 0.3) is 0 Å². The lowest BCUT2D eigenvalue weighted by molar-refractivity contribution is -0.117. The number of aromatic nitrogens is 1. The number of rotatable bonds is 2. The molecule has 2 heterocycles. The SMILES string of the molecule is CC(=O)SC1CC(=O)N(c2nc(C)cs2)C1. The van der Waals surface area contributed by atoms with Crippen molar-refractivity contribution in [2.24, 2.45) is 0 Å². The zero-order chi connectivity index (χ0) is 11.7. The van der Waals surface area contributed by atoms with Crippen LogP contribution >= 0.6 is 23.1 Å². The Bertz CT molecular complexity index is 430. The zero-order valence-electron chi connectivity index (χ0n) is 9.10. The van der Waals surface area contributed by atoms with Crippen LogP contribution in [0.15, 0.2) is 5.38 Å². The number of aryl methyl sites for hydroxylation is 1. The van der Waals surface area contributed by atoms with Crippen LogP contribution in [0, 0.1) is 6.92 Å². The van der Waals surface area contributed by atoms with Crippen LogP contribution in [-0.2, 0) is 9.59 Å². The monoisotopic (exact) mass is 256 g/mol. The molecular weight excluding hydrogens is 244 g/mol. The molecule has 0 saturated carbocycles. The predicted molar refractivity (Wildman–Crippen MR) is 65.9 cm³/mol. The molecule has 1 aromatic heterocycles. The van der Waals surface area contributed by atoms with Crippen LogP contribution in [0.1, 0.15) is 19.0 Å². The third-order valence-corrected chi connectivity index (χ3v) is 4.22. The highest BCUT2D eigenvalue weighted by Crippen LogP contribution is 2.30. The summed E-state index contributed by atoms with van der Waals surface area (Å²) in [6.45, 7) is 4.03. The van der Waals surface area contributed by atoms with Gasteiger partial charge in [0, 0.05) is 30.5 Å². The highest BCUT2D eigenvalue weighted by molar-refractivity contribution is 8.14. The van der Waals surface area contributed by atoms with Gasteiger partial charge in [-0.25, -0.2) is 4.98 Å². The lowest BCUT2D eigenvalue weighted by atomic mass is 10.4. The van der Waals surface area contributed by atoms with E-state index >= 15 is 0 Å². The lowest BCUT2D eigenvalue weighted by Gasteiger charge is -2.11. The summed E-state index contributed by atoms with van der Waals surface area (Å²) in [6, 6.07) is 0. The van der Waals surface area contributed by atoms with Gasteiger partial charge in [-0.05, 0) is 6.92 Å². The highest BCUT2D eigenvalue weighted by Gasteiger charge is 2.33. The molecule has 0 spiro atoms. The van der Waals surface area contributed by atoms with Crippen LogP contribution in [0.5, 0.6) is 0 Å². The highest BCUT2D eigenvalue weighted by atomic mass is 32.2. The number of thioether (sulfide) groups is 1. The summed E-state index contributed by atoms with van der Waals surface area (Å²) in [7, 11) is 0. The first-order valence-electron chi connectivity index (χ1n) is 4.96. The minimum atomic E-state index is 0.0631. The van der Waals surface area contributed by atoms with Gasteiger partial charge in [-0.3, -0.25) is 14.5 Å². The van der Waals surface area contributed by atoms with Gasteiger partial charge in [0.1, 0.15) is 0 Å². The largest absolute Gasteiger partial charge is 0.288 e. The summed E-state index contributed by atoms with van der Waals surface area (Å²) >= 11 is 2.72. The van der Waals surface area contributed by atoms with Gasteiger partial charge in [0.15, 0.2) is 10.2 Å².